The molecule has 0 atom stereocenters. The molecule has 0 saturated carbocycles. The van der Waals surface area contributed by atoms with Crippen LogP contribution < -0.4 is 10.2 Å². The number of carbonyl (C=O) groups excluding carboxylic acids is 1. The zero-order valence-corrected chi connectivity index (χ0v) is 12.5. The summed E-state index contributed by atoms with van der Waals surface area (Å²) in [4.78, 5) is 14.1. The number of fused-ring (bicyclic) bond motifs is 1. The Balaban J connectivity index is 1.38. The standard InChI is InChI=1S/C18H20N2O2/c21-18(9-8-16-6-3-14-22-16)19-11-4-12-20-13-10-15-5-1-2-7-17(15)20/h1-3,5-9,14H,4,10-13H2,(H,19,21). The van der Waals surface area contributed by atoms with Crippen LogP contribution in [0, 0.1) is 0 Å². The van der Waals surface area contributed by atoms with Gasteiger partial charge in [-0.25, -0.2) is 0 Å². The highest BCUT2D eigenvalue weighted by Crippen LogP contribution is 2.27. The van der Waals surface area contributed by atoms with E-state index in [1.54, 1.807) is 18.4 Å². The first kappa shape index (κ1) is 14.4. The minimum Gasteiger partial charge on any atom is -0.465 e. The second-order valence-electron chi connectivity index (χ2n) is 5.36. The van der Waals surface area contributed by atoms with Gasteiger partial charge in [-0.2, -0.15) is 0 Å². The highest BCUT2D eigenvalue weighted by molar-refractivity contribution is 5.91. The lowest BCUT2D eigenvalue weighted by atomic mass is 10.2. The first-order valence-corrected chi connectivity index (χ1v) is 7.65. The number of furan rings is 1. The third kappa shape index (κ3) is 3.58. The molecular weight excluding hydrogens is 276 g/mol. The van der Waals surface area contributed by atoms with Crippen LogP contribution in [0.4, 0.5) is 5.69 Å². The molecular formula is C18H20N2O2. The van der Waals surface area contributed by atoms with Crippen molar-refractivity contribution in [3.8, 4) is 0 Å². The lowest BCUT2D eigenvalue weighted by Crippen LogP contribution is -2.28. The summed E-state index contributed by atoms with van der Waals surface area (Å²) in [6, 6.07) is 12.1. The van der Waals surface area contributed by atoms with Gasteiger partial charge in [0.05, 0.1) is 6.26 Å². The van der Waals surface area contributed by atoms with Gasteiger partial charge in [0, 0.05) is 31.4 Å². The molecule has 4 heteroatoms. The Morgan fingerprint density at radius 1 is 1.27 bits per heavy atom. The zero-order valence-electron chi connectivity index (χ0n) is 12.5. The Morgan fingerprint density at radius 2 is 2.18 bits per heavy atom. The number of hydrogen-bond donors (Lipinski definition) is 1. The molecule has 1 aliphatic heterocycles. The molecule has 4 nitrogen and oxygen atoms in total. The monoisotopic (exact) mass is 296 g/mol. The molecule has 2 heterocycles. The fourth-order valence-corrected chi connectivity index (χ4v) is 2.72. The largest absolute Gasteiger partial charge is 0.465 e. The Kier molecular flexibility index (Phi) is 4.59. The van der Waals surface area contributed by atoms with E-state index in [0.29, 0.717) is 12.3 Å². The maximum absolute atomic E-state index is 11.7. The molecule has 1 amide bonds. The lowest BCUT2D eigenvalue weighted by molar-refractivity contribution is -0.116. The number of hydrogen-bond acceptors (Lipinski definition) is 3. The molecule has 1 aliphatic rings. The Morgan fingerprint density at radius 3 is 3.05 bits per heavy atom. The van der Waals surface area contributed by atoms with E-state index in [2.05, 4.69) is 34.5 Å². The fraction of sp³-hybridized carbons (Fsp3) is 0.278. The van der Waals surface area contributed by atoms with Gasteiger partial charge >= 0.3 is 0 Å². The van der Waals surface area contributed by atoms with Crippen molar-refractivity contribution < 1.29 is 9.21 Å². The predicted molar refractivity (Wildman–Crippen MR) is 87.7 cm³/mol. The molecule has 0 fully saturated rings. The van der Waals surface area contributed by atoms with Gasteiger partial charge in [-0.1, -0.05) is 18.2 Å². The van der Waals surface area contributed by atoms with Gasteiger partial charge in [-0.15, -0.1) is 0 Å². The second-order valence-corrected chi connectivity index (χ2v) is 5.36. The maximum Gasteiger partial charge on any atom is 0.244 e. The van der Waals surface area contributed by atoms with Crippen LogP contribution in [0.25, 0.3) is 6.08 Å². The number of rotatable bonds is 6. The number of amides is 1. The molecule has 0 saturated heterocycles. The number of carbonyl (C=O) groups is 1. The van der Waals surface area contributed by atoms with E-state index in [-0.39, 0.29) is 5.91 Å². The van der Waals surface area contributed by atoms with E-state index < -0.39 is 0 Å². The van der Waals surface area contributed by atoms with Crippen molar-refractivity contribution in [2.75, 3.05) is 24.5 Å². The van der Waals surface area contributed by atoms with Crippen molar-refractivity contribution in [2.24, 2.45) is 0 Å². The van der Waals surface area contributed by atoms with Gasteiger partial charge < -0.3 is 14.6 Å². The molecule has 0 bridgehead atoms. The second kappa shape index (κ2) is 6.98. The molecule has 0 spiro atoms. The number of nitrogens with one attached hydrogen (secondary N) is 1. The van der Waals surface area contributed by atoms with E-state index in [4.69, 9.17) is 4.42 Å². The average molecular weight is 296 g/mol. The number of nitrogens with zero attached hydrogens (tertiary/aromatic N) is 1. The van der Waals surface area contributed by atoms with Gasteiger partial charge in [0.1, 0.15) is 5.76 Å². The summed E-state index contributed by atoms with van der Waals surface area (Å²) < 4.78 is 5.14. The van der Waals surface area contributed by atoms with Gasteiger partial charge in [0.2, 0.25) is 5.91 Å². The van der Waals surface area contributed by atoms with Crippen molar-refractivity contribution in [1.29, 1.82) is 0 Å². The smallest absolute Gasteiger partial charge is 0.244 e. The van der Waals surface area contributed by atoms with E-state index in [1.165, 1.54) is 17.3 Å². The molecule has 0 aliphatic carbocycles. The third-order valence-electron chi connectivity index (χ3n) is 3.83. The summed E-state index contributed by atoms with van der Waals surface area (Å²) in [6.07, 6.45) is 6.82. The van der Waals surface area contributed by atoms with Crippen LogP contribution in [0.15, 0.2) is 53.2 Å². The third-order valence-corrected chi connectivity index (χ3v) is 3.83. The summed E-state index contributed by atoms with van der Waals surface area (Å²) >= 11 is 0. The normalized spacial score (nSPS) is 13.5. The highest BCUT2D eigenvalue weighted by Gasteiger charge is 2.17. The molecule has 3 rings (SSSR count). The SMILES string of the molecule is O=C(C=Cc1ccco1)NCCCN1CCc2ccccc21. The van der Waals surface area contributed by atoms with Crippen LogP contribution in [0.5, 0.6) is 0 Å². The van der Waals surface area contributed by atoms with Crippen molar-refractivity contribution in [1.82, 2.24) is 5.32 Å². The Hall–Kier alpha value is -2.49. The molecule has 1 aromatic carbocycles. The number of benzene rings is 1. The average Bonchev–Trinajstić information content (AvgIpc) is 3.19. The number of anilines is 1. The van der Waals surface area contributed by atoms with E-state index in [0.717, 1.165) is 25.9 Å². The lowest BCUT2D eigenvalue weighted by Gasteiger charge is -2.19. The van der Waals surface area contributed by atoms with Gasteiger partial charge in [-0.3, -0.25) is 4.79 Å². The van der Waals surface area contributed by atoms with Crippen LogP contribution in [0.1, 0.15) is 17.7 Å². The van der Waals surface area contributed by atoms with Crippen molar-refractivity contribution >= 4 is 17.7 Å². The highest BCUT2D eigenvalue weighted by atomic mass is 16.3. The summed E-state index contributed by atoms with van der Waals surface area (Å²) in [5.74, 6) is 0.599. The minimum absolute atomic E-state index is 0.0850. The fourth-order valence-electron chi connectivity index (χ4n) is 2.72. The molecule has 2 aromatic rings. The van der Waals surface area contributed by atoms with Crippen molar-refractivity contribution in [3.63, 3.8) is 0 Å². The molecule has 22 heavy (non-hydrogen) atoms. The van der Waals surface area contributed by atoms with Crippen molar-refractivity contribution in [3.05, 3.63) is 60.1 Å². The topological polar surface area (TPSA) is 45.5 Å². The quantitative estimate of drug-likeness (QED) is 0.658. The van der Waals surface area contributed by atoms with Gasteiger partial charge in [0.25, 0.3) is 0 Å². The Labute approximate surface area is 130 Å². The minimum atomic E-state index is -0.0850. The van der Waals surface area contributed by atoms with Crippen molar-refractivity contribution in [2.45, 2.75) is 12.8 Å². The number of para-hydroxylation sites is 1. The van der Waals surface area contributed by atoms with Gasteiger partial charge in [0.15, 0.2) is 0 Å². The van der Waals surface area contributed by atoms with Crippen LogP contribution >= 0.6 is 0 Å². The van der Waals surface area contributed by atoms with Crippen LogP contribution in [0.3, 0.4) is 0 Å². The molecule has 114 valence electrons. The predicted octanol–water partition coefficient (Wildman–Crippen LogP) is 2.86. The van der Waals surface area contributed by atoms with Crippen LogP contribution in [-0.2, 0) is 11.2 Å². The molecule has 1 aromatic heterocycles. The van der Waals surface area contributed by atoms with E-state index >= 15 is 0 Å². The maximum atomic E-state index is 11.7. The molecule has 1 N–H and O–H groups in total. The van der Waals surface area contributed by atoms with Gasteiger partial charge in [-0.05, 0) is 42.7 Å². The summed E-state index contributed by atoms with van der Waals surface area (Å²) in [5.41, 5.74) is 2.76. The summed E-state index contributed by atoms with van der Waals surface area (Å²) in [5, 5.41) is 2.90. The molecule has 0 radical (unpaired) electrons. The van der Waals surface area contributed by atoms with Crippen LogP contribution in [0.2, 0.25) is 0 Å². The first-order valence-electron chi connectivity index (χ1n) is 7.65. The molecule has 0 unspecified atom stereocenters. The Bertz CT molecular complexity index is 647. The van der Waals surface area contributed by atoms with Crippen LogP contribution in [-0.4, -0.2) is 25.5 Å². The van der Waals surface area contributed by atoms with E-state index in [1.807, 2.05) is 6.07 Å². The summed E-state index contributed by atoms with van der Waals surface area (Å²) in [6.45, 7) is 2.73. The first-order chi connectivity index (χ1) is 10.8. The van der Waals surface area contributed by atoms with E-state index in [9.17, 15) is 4.79 Å². The summed E-state index contributed by atoms with van der Waals surface area (Å²) in [7, 11) is 0. The zero-order chi connectivity index (χ0) is 15.2.